The highest BCUT2D eigenvalue weighted by molar-refractivity contribution is 7.71. The zero-order valence-electron chi connectivity index (χ0n) is 9.61. The minimum atomic E-state index is 0.691. The standard InChI is InChI=1S/C12H14ClN3S/c1-2-11-14-15-12(17)16(11)8-7-9-3-5-10(13)6-4-9/h3-6H,2,7-8H2,1H3,(H,15,17). The molecule has 0 atom stereocenters. The molecule has 0 bridgehead atoms. The van der Waals surface area contributed by atoms with Gasteiger partial charge >= 0.3 is 0 Å². The highest BCUT2D eigenvalue weighted by atomic mass is 35.5. The zero-order chi connectivity index (χ0) is 12.3. The summed E-state index contributed by atoms with van der Waals surface area (Å²) in [4.78, 5) is 0. The monoisotopic (exact) mass is 267 g/mol. The third-order valence-corrected chi connectivity index (χ3v) is 3.25. The lowest BCUT2D eigenvalue weighted by atomic mass is 10.1. The number of aryl methyl sites for hydroxylation is 2. The van der Waals surface area contributed by atoms with Crippen molar-refractivity contribution in [1.29, 1.82) is 0 Å². The number of nitrogens with zero attached hydrogens (tertiary/aromatic N) is 2. The molecule has 0 aliphatic heterocycles. The van der Waals surface area contributed by atoms with Gasteiger partial charge in [0.15, 0.2) is 4.77 Å². The molecule has 2 rings (SSSR count). The molecule has 0 saturated heterocycles. The molecule has 0 amide bonds. The van der Waals surface area contributed by atoms with Crippen molar-refractivity contribution < 1.29 is 0 Å². The highest BCUT2D eigenvalue weighted by Crippen LogP contribution is 2.11. The lowest BCUT2D eigenvalue weighted by Crippen LogP contribution is -2.05. The molecule has 17 heavy (non-hydrogen) atoms. The predicted molar refractivity (Wildman–Crippen MR) is 71.9 cm³/mol. The van der Waals surface area contributed by atoms with Crippen molar-refractivity contribution in [1.82, 2.24) is 14.8 Å². The van der Waals surface area contributed by atoms with Crippen LogP contribution < -0.4 is 0 Å². The van der Waals surface area contributed by atoms with Crippen LogP contribution in [0.15, 0.2) is 24.3 Å². The van der Waals surface area contributed by atoms with Crippen molar-refractivity contribution in [3.63, 3.8) is 0 Å². The van der Waals surface area contributed by atoms with E-state index in [0.29, 0.717) is 4.77 Å². The van der Waals surface area contributed by atoms with E-state index in [-0.39, 0.29) is 0 Å². The molecular formula is C12H14ClN3S. The summed E-state index contributed by atoms with van der Waals surface area (Å²) < 4.78 is 2.74. The largest absolute Gasteiger partial charge is 0.304 e. The van der Waals surface area contributed by atoms with E-state index in [9.17, 15) is 0 Å². The number of nitrogens with one attached hydrogen (secondary N) is 1. The summed E-state index contributed by atoms with van der Waals surface area (Å²) in [5.41, 5.74) is 1.25. The van der Waals surface area contributed by atoms with Crippen molar-refractivity contribution in [3.05, 3.63) is 45.4 Å². The molecule has 0 aliphatic rings. The van der Waals surface area contributed by atoms with Gasteiger partial charge in [-0.25, -0.2) is 0 Å². The minimum absolute atomic E-state index is 0.691. The van der Waals surface area contributed by atoms with E-state index in [2.05, 4.69) is 17.1 Å². The summed E-state index contributed by atoms with van der Waals surface area (Å²) >= 11 is 11.0. The van der Waals surface area contributed by atoms with E-state index in [1.807, 2.05) is 28.8 Å². The maximum absolute atomic E-state index is 5.85. The summed E-state index contributed by atoms with van der Waals surface area (Å²) in [6, 6.07) is 7.90. The molecule has 1 N–H and O–H groups in total. The van der Waals surface area contributed by atoms with Crippen LogP contribution in [0.1, 0.15) is 18.3 Å². The third-order valence-electron chi connectivity index (χ3n) is 2.69. The van der Waals surface area contributed by atoms with E-state index in [1.165, 1.54) is 5.56 Å². The Labute approximate surface area is 110 Å². The molecule has 0 unspecified atom stereocenters. The average Bonchev–Trinajstić information content (AvgIpc) is 2.69. The molecule has 0 aliphatic carbocycles. The second-order valence-electron chi connectivity index (χ2n) is 3.83. The molecule has 0 radical (unpaired) electrons. The van der Waals surface area contributed by atoms with Gasteiger partial charge in [0.05, 0.1) is 0 Å². The molecule has 1 heterocycles. The molecule has 2 aromatic rings. The average molecular weight is 268 g/mol. The molecule has 0 saturated carbocycles. The van der Waals surface area contributed by atoms with E-state index in [0.717, 1.165) is 30.2 Å². The van der Waals surface area contributed by atoms with Crippen LogP contribution in [0.25, 0.3) is 0 Å². The van der Waals surface area contributed by atoms with Crippen LogP contribution in [-0.2, 0) is 19.4 Å². The summed E-state index contributed by atoms with van der Waals surface area (Å²) in [6.45, 7) is 2.92. The quantitative estimate of drug-likeness (QED) is 0.862. The fourth-order valence-corrected chi connectivity index (χ4v) is 2.11. The SMILES string of the molecule is CCc1n[nH]c(=S)n1CCc1ccc(Cl)cc1. The lowest BCUT2D eigenvalue weighted by molar-refractivity contribution is 0.649. The molecule has 0 fully saturated rings. The Hall–Kier alpha value is -1.13. The Morgan fingerprint density at radius 3 is 2.71 bits per heavy atom. The minimum Gasteiger partial charge on any atom is -0.304 e. The molecule has 3 nitrogen and oxygen atoms in total. The summed E-state index contributed by atoms with van der Waals surface area (Å²) in [7, 11) is 0. The molecule has 1 aromatic heterocycles. The Balaban J connectivity index is 2.09. The van der Waals surface area contributed by atoms with E-state index in [1.54, 1.807) is 0 Å². The molecule has 1 aromatic carbocycles. The van der Waals surface area contributed by atoms with Crippen molar-refractivity contribution in [2.24, 2.45) is 0 Å². The number of hydrogen-bond acceptors (Lipinski definition) is 2. The van der Waals surface area contributed by atoms with Gasteiger partial charge < -0.3 is 4.57 Å². The Morgan fingerprint density at radius 2 is 2.06 bits per heavy atom. The smallest absolute Gasteiger partial charge is 0.195 e. The van der Waals surface area contributed by atoms with Gasteiger partial charge in [-0.3, -0.25) is 5.10 Å². The van der Waals surface area contributed by atoms with Gasteiger partial charge in [-0.15, -0.1) is 0 Å². The number of aromatic nitrogens is 3. The fraction of sp³-hybridized carbons (Fsp3) is 0.333. The second kappa shape index (κ2) is 5.47. The fourth-order valence-electron chi connectivity index (χ4n) is 1.74. The molecular weight excluding hydrogens is 254 g/mol. The number of H-pyrrole nitrogens is 1. The Kier molecular flexibility index (Phi) is 3.97. The van der Waals surface area contributed by atoms with Crippen LogP contribution >= 0.6 is 23.8 Å². The number of halogens is 1. The van der Waals surface area contributed by atoms with Crippen LogP contribution in [0.4, 0.5) is 0 Å². The van der Waals surface area contributed by atoms with Crippen molar-refractivity contribution in [3.8, 4) is 0 Å². The van der Waals surface area contributed by atoms with E-state index >= 15 is 0 Å². The predicted octanol–water partition coefficient (Wildman–Crippen LogP) is 3.40. The normalized spacial score (nSPS) is 10.7. The van der Waals surface area contributed by atoms with Gasteiger partial charge in [-0.2, -0.15) is 5.10 Å². The maximum atomic E-state index is 5.85. The third kappa shape index (κ3) is 2.96. The van der Waals surface area contributed by atoms with Crippen molar-refractivity contribution >= 4 is 23.8 Å². The number of rotatable bonds is 4. The number of benzene rings is 1. The maximum Gasteiger partial charge on any atom is 0.195 e. The molecule has 0 spiro atoms. The Bertz CT molecular complexity index is 542. The Morgan fingerprint density at radius 1 is 1.35 bits per heavy atom. The van der Waals surface area contributed by atoms with Gasteiger partial charge in [0, 0.05) is 18.0 Å². The van der Waals surface area contributed by atoms with Gasteiger partial charge in [0.1, 0.15) is 5.82 Å². The summed E-state index contributed by atoms with van der Waals surface area (Å²) in [5.74, 6) is 1.00. The molecule has 90 valence electrons. The first-order valence-corrected chi connectivity index (χ1v) is 6.38. The van der Waals surface area contributed by atoms with Crippen LogP contribution in [-0.4, -0.2) is 14.8 Å². The topological polar surface area (TPSA) is 33.6 Å². The van der Waals surface area contributed by atoms with Crippen LogP contribution in [0.3, 0.4) is 0 Å². The zero-order valence-corrected chi connectivity index (χ0v) is 11.2. The van der Waals surface area contributed by atoms with E-state index in [4.69, 9.17) is 23.8 Å². The van der Waals surface area contributed by atoms with Crippen LogP contribution in [0.2, 0.25) is 5.02 Å². The number of hydrogen-bond donors (Lipinski definition) is 1. The summed E-state index contributed by atoms with van der Waals surface area (Å²) in [5, 5.41) is 7.78. The van der Waals surface area contributed by atoms with Gasteiger partial charge in [0.2, 0.25) is 0 Å². The van der Waals surface area contributed by atoms with Gasteiger partial charge in [0.25, 0.3) is 0 Å². The van der Waals surface area contributed by atoms with E-state index < -0.39 is 0 Å². The first-order chi connectivity index (χ1) is 8.20. The summed E-state index contributed by atoms with van der Waals surface area (Å²) in [6.07, 6.45) is 1.81. The van der Waals surface area contributed by atoms with Crippen molar-refractivity contribution in [2.45, 2.75) is 26.3 Å². The first kappa shape index (κ1) is 12.3. The number of aromatic amines is 1. The van der Waals surface area contributed by atoms with Crippen LogP contribution in [0, 0.1) is 4.77 Å². The first-order valence-electron chi connectivity index (χ1n) is 5.59. The van der Waals surface area contributed by atoms with Crippen LogP contribution in [0.5, 0.6) is 0 Å². The van der Waals surface area contributed by atoms with Gasteiger partial charge in [-0.05, 0) is 36.3 Å². The second-order valence-corrected chi connectivity index (χ2v) is 4.65. The highest BCUT2D eigenvalue weighted by Gasteiger charge is 2.03. The molecule has 5 heteroatoms. The van der Waals surface area contributed by atoms with Crippen molar-refractivity contribution in [2.75, 3.05) is 0 Å². The van der Waals surface area contributed by atoms with Gasteiger partial charge in [-0.1, -0.05) is 30.7 Å². The lowest BCUT2D eigenvalue weighted by Gasteiger charge is -2.05.